The van der Waals surface area contributed by atoms with Crippen LogP contribution < -0.4 is 16.5 Å². The summed E-state index contributed by atoms with van der Waals surface area (Å²) >= 11 is 28.3. The van der Waals surface area contributed by atoms with Crippen LogP contribution in [0.5, 0.6) is 0 Å². The molecule has 0 aliphatic carbocycles. The number of nitrogens with two attached hydrogens (primary N) is 1. The Hall–Kier alpha value is -10.5. The Morgan fingerprint density at radius 3 is 1.05 bits per heavy atom. The Kier molecular flexibility index (Phi) is 28.1. The van der Waals surface area contributed by atoms with Crippen LogP contribution in [0.25, 0.3) is 34.2 Å². The minimum atomic E-state index is -4.57. The van der Waals surface area contributed by atoms with Crippen LogP contribution in [0.15, 0.2) is 159 Å². The van der Waals surface area contributed by atoms with E-state index in [4.69, 9.17) is 78.9 Å². The summed E-state index contributed by atoms with van der Waals surface area (Å²) in [5, 5.41) is 48.4. The number of nitrogen functional groups attached to an aromatic ring is 1. The van der Waals surface area contributed by atoms with Crippen LogP contribution in [0.2, 0.25) is 25.4 Å². The lowest BCUT2D eigenvalue weighted by Crippen LogP contribution is -2.31. The molecule has 43 heteroatoms. The molecule has 101 heavy (non-hydrogen) atoms. The average Bonchev–Trinajstić information content (AvgIpc) is 0.828. The lowest BCUT2D eigenvalue weighted by molar-refractivity contribution is -0.385. The van der Waals surface area contributed by atoms with Crippen LogP contribution in [-0.2, 0) is 24.7 Å². The molecule has 10 rings (SSSR count). The molecule has 528 valence electrons. The van der Waals surface area contributed by atoms with Gasteiger partial charge in [0.2, 0.25) is 5.28 Å². The zero-order valence-electron chi connectivity index (χ0n) is 48.9. The summed E-state index contributed by atoms with van der Waals surface area (Å²) in [7, 11) is -2.01. The first kappa shape index (κ1) is 81.2. The molecule has 6 N–H and O–H groups in total. The largest absolute Gasteiger partial charge is 0.489 e. The van der Waals surface area contributed by atoms with Crippen molar-refractivity contribution in [2.24, 2.45) is 0 Å². The van der Waals surface area contributed by atoms with Crippen LogP contribution in [0.4, 0.5) is 93.0 Å². The Labute approximate surface area is 578 Å². The number of nitro groups is 2. The maximum atomic E-state index is 13.6. The van der Waals surface area contributed by atoms with Gasteiger partial charge in [0.15, 0.2) is 17.5 Å². The standard InChI is InChI=1S/C18H9ClF5N3O.C11H5ClF3N3O2.C11H7ClF3N3.C7H5BClF3O2.C7H4F2O2.C4H2ClN3O2/c19-12-5-4-9(18(22,23)24)6-11(12)16-25-7-10(8-26-16)27-17(28)15-13(20)2-1-3-14(15)21;12-9-2-1-6(11(13,14)15)3-8(9)10-16-4-7(5-17-10)18(19)20;12-9-2-1-6(11(13,14)15)3-8(9)10-17-4-7(16)5-18-10;9-6-2-1-4(7(10,11)12)3-5(6)8(13)14;8-4-2-1-3-5(9)6(4)7(10)11;5-4-6-1-3(2-7-4)8(9)10/h1-8H,(H,27,28);1-5H;1-5H,16H2;1-3,13-14H;1-3H,(H,10,11);1-2H. The minimum absolute atomic E-state index is 0.00165. The van der Waals surface area contributed by atoms with Gasteiger partial charge in [-0.1, -0.05) is 58.5 Å². The molecular formula is C58H32BCl5F16N12O9. The van der Waals surface area contributed by atoms with Crippen molar-refractivity contribution >= 4 is 105 Å². The number of alkyl halides is 12. The Morgan fingerprint density at radius 2 is 0.743 bits per heavy atom. The van der Waals surface area contributed by atoms with E-state index in [-0.39, 0.29) is 82.1 Å². The number of anilines is 2. The summed E-state index contributed by atoms with van der Waals surface area (Å²) < 4.78 is 203. The van der Waals surface area contributed by atoms with Crippen LogP contribution in [0, 0.1) is 43.5 Å². The zero-order valence-corrected chi connectivity index (χ0v) is 52.6. The summed E-state index contributed by atoms with van der Waals surface area (Å²) in [6.45, 7) is 0. The van der Waals surface area contributed by atoms with Gasteiger partial charge in [-0.25, -0.2) is 62.2 Å². The topological polar surface area (TPSA) is 322 Å². The third-order valence-electron chi connectivity index (χ3n) is 11.8. The molecule has 4 heterocycles. The number of carboxylic acid groups (broad SMARTS) is 1. The fourth-order valence-corrected chi connectivity index (χ4v) is 8.03. The number of hydrogen-bond donors (Lipinski definition) is 5. The fraction of sp³-hybridized carbons (Fsp3) is 0.0690. The van der Waals surface area contributed by atoms with Crippen molar-refractivity contribution in [2.75, 3.05) is 11.1 Å². The molecule has 0 radical (unpaired) electrons. The van der Waals surface area contributed by atoms with Gasteiger partial charge in [-0.2, -0.15) is 52.7 Å². The first-order valence-corrected chi connectivity index (χ1v) is 28.1. The smallest absolute Gasteiger partial charge is 0.477 e. The molecule has 1 amide bonds. The highest BCUT2D eigenvalue weighted by molar-refractivity contribution is 6.62. The summed E-state index contributed by atoms with van der Waals surface area (Å²) in [5.41, 5.74) is -0.461. The number of hydrogen-bond acceptors (Lipinski definition) is 17. The van der Waals surface area contributed by atoms with Gasteiger partial charge in [0, 0.05) is 27.2 Å². The SMILES string of the molecule is Nc1cnc(-c2cc(C(F)(F)F)ccc2Cl)nc1.O=C(Nc1cnc(-c2cc(C(F)(F)F)ccc2Cl)nc1)c1c(F)cccc1F.O=C(O)c1c(F)cccc1F.O=[N+]([O-])c1cnc(-c2cc(C(F)(F)F)ccc2Cl)nc1.O=[N+]([O-])c1cnc(Cl)nc1.OB(O)c1cc(C(F)(F)F)ccc1Cl. The van der Waals surface area contributed by atoms with E-state index in [1.807, 2.05) is 0 Å². The number of aromatic carboxylic acids is 1. The normalized spacial score (nSPS) is 11.0. The molecule has 0 saturated heterocycles. The Morgan fingerprint density at radius 1 is 0.446 bits per heavy atom. The molecule has 10 aromatic rings. The molecule has 0 atom stereocenters. The highest BCUT2D eigenvalue weighted by atomic mass is 35.5. The molecule has 0 aliphatic rings. The molecule has 4 aromatic heterocycles. The average molecular weight is 1530 g/mol. The van der Waals surface area contributed by atoms with E-state index in [0.717, 1.165) is 134 Å². The van der Waals surface area contributed by atoms with Crippen molar-refractivity contribution < 1.29 is 105 Å². The van der Waals surface area contributed by atoms with Crippen molar-refractivity contribution in [3.8, 4) is 34.2 Å². The predicted molar refractivity (Wildman–Crippen MR) is 331 cm³/mol. The predicted octanol–water partition coefficient (Wildman–Crippen LogP) is 16.2. The van der Waals surface area contributed by atoms with Gasteiger partial charge in [0.1, 0.15) is 59.2 Å². The van der Waals surface area contributed by atoms with E-state index in [0.29, 0.717) is 11.8 Å². The van der Waals surface area contributed by atoms with Gasteiger partial charge < -0.3 is 26.2 Å². The van der Waals surface area contributed by atoms with E-state index >= 15 is 0 Å². The Balaban J connectivity index is 0.000000226. The van der Waals surface area contributed by atoms with E-state index in [1.165, 1.54) is 18.5 Å². The quantitative estimate of drug-likeness (QED) is 0.0295. The van der Waals surface area contributed by atoms with Crippen molar-refractivity contribution in [3.63, 3.8) is 0 Å². The number of rotatable bonds is 9. The molecule has 0 spiro atoms. The fourth-order valence-electron chi connectivity index (χ4n) is 7.11. The number of aromatic nitrogens is 8. The van der Waals surface area contributed by atoms with Crippen LogP contribution in [0.3, 0.4) is 0 Å². The highest BCUT2D eigenvalue weighted by Gasteiger charge is 2.35. The van der Waals surface area contributed by atoms with Crippen LogP contribution >= 0.6 is 58.0 Å². The first-order valence-electron chi connectivity index (χ1n) is 26.2. The number of carbonyl (C=O) groups excluding carboxylic acids is 1. The first-order chi connectivity index (χ1) is 47.0. The lowest BCUT2D eigenvalue weighted by atomic mass is 9.79. The molecule has 0 saturated carbocycles. The zero-order chi connectivity index (χ0) is 75.6. The molecular weight excluding hydrogens is 1500 g/mol. The number of carbonyl (C=O) groups is 2. The molecule has 0 fully saturated rings. The monoisotopic (exact) mass is 1530 g/mol. The molecule has 0 unspecified atom stereocenters. The second-order valence-corrected chi connectivity index (χ2v) is 20.7. The van der Waals surface area contributed by atoms with Crippen LogP contribution in [0.1, 0.15) is 43.0 Å². The van der Waals surface area contributed by atoms with Gasteiger partial charge in [-0.3, -0.25) is 25.0 Å². The van der Waals surface area contributed by atoms with Crippen molar-refractivity contribution in [3.05, 3.63) is 261 Å². The maximum absolute atomic E-state index is 13.6. The number of halogens is 21. The molecule has 0 aliphatic heterocycles. The van der Waals surface area contributed by atoms with E-state index in [9.17, 15) is 100 Å². The maximum Gasteiger partial charge on any atom is 0.489 e. The Bertz CT molecular complexity index is 4540. The summed E-state index contributed by atoms with van der Waals surface area (Å²) in [6, 6.07) is 16.6. The summed E-state index contributed by atoms with van der Waals surface area (Å²) in [5.74, 6) is -7.02. The van der Waals surface area contributed by atoms with Crippen molar-refractivity contribution in [1.29, 1.82) is 0 Å². The number of nitrogens with zero attached hydrogens (tertiary/aromatic N) is 10. The minimum Gasteiger partial charge on any atom is -0.477 e. The van der Waals surface area contributed by atoms with Gasteiger partial charge in [-0.15, -0.1) is 0 Å². The summed E-state index contributed by atoms with van der Waals surface area (Å²) in [4.78, 5) is 70.9. The molecule has 0 bridgehead atoms. The van der Waals surface area contributed by atoms with E-state index in [2.05, 4.69) is 45.2 Å². The molecule has 6 aromatic carbocycles. The van der Waals surface area contributed by atoms with E-state index in [1.54, 1.807) is 0 Å². The van der Waals surface area contributed by atoms with Crippen molar-refractivity contribution in [1.82, 2.24) is 39.9 Å². The third kappa shape index (κ3) is 23.8. The van der Waals surface area contributed by atoms with Gasteiger partial charge in [0.05, 0.1) is 83.3 Å². The second-order valence-electron chi connectivity index (χ2n) is 18.8. The second kappa shape index (κ2) is 35.0. The van der Waals surface area contributed by atoms with Crippen molar-refractivity contribution in [2.45, 2.75) is 24.7 Å². The third-order valence-corrected chi connectivity index (χ3v) is 13.3. The highest BCUT2D eigenvalue weighted by Crippen LogP contribution is 2.38. The van der Waals surface area contributed by atoms with Gasteiger partial charge in [-0.05, 0) is 109 Å². The van der Waals surface area contributed by atoms with Gasteiger partial charge >= 0.3 is 49.2 Å². The number of nitrogens with one attached hydrogen (secondary N) is 1. The number of benzene rings is 6. The van der Waals surface area contributed by atoms with Gasteiger partial charge in [0.25, 0.3) is 5.91 Å². The molecule has 21 nitrogen and oxygen atoms in total. The summed E-state index contributed by atoms with van der Waals surface area (Å²) in [6.07, 6.45) is -9.38. The number of amides is 1. The van der Waals surface area contributed by atoms with E-state index < -0.39 is 110 Å². The van der Waals surface area contributed by atoms with Crippen LogP contribution in [-0.4, -0.2) is 83.9 Å². The lowest BCUT2D eigenvalue weighted by Gasteiger charge is -2.10. The number of carboxylic acids is 1.